The quantitative estimate of drug-likeness (QED) is 0.581. The van der Waals surface area contributed by atoms with Crippen LogP contribution in [0.5, 0.6) is 0 Å². The molecule has 2 N–H and O–H groups in total. The lowest BCUT2D eigenvalue weighted by atomic mass is 10.2. The molecule has 2 fully saturated rings. The lowest BCUT2D eigenvalue weighted by Crippen LogP contribution is -2.58. The highest BCUT2D eigenvalue weighted by molar-refractivity contribution is 5.86. The minimum Gasteiger partial charge on any atom is -0.353 e. The van der Waals surface area contributed by atoms with E-state index in [0.717, 1.165) is 19.5 Å². The van der Waals surface area contributed by atoms with Crippen LogP contribution < -0.4 is 10.6 Å². The summed E-state index contributed by atoms with van der Waals surface area (Å²) in [6.07, 6.45) is 1.09. The number of amides is 2. The largest absolute Gasteiger partial charge is 0.353 e. The van der Waals surface area contributed by atoms with Crippen molar-refractivity contribution in [2.24, 2.45) is 5.92 Å². The average molecular weight is 211 g/mol. The molecular weight excluding hydrogens is 194 g/mol. The molecule has 2 aliphatic rings. The number of piperazine rings is 1. The van der Waals surface area contributed by atoms with Gasteiger partial charge in [-0.15, -0.1) is 0 Å². The second-order valence-corrected chi connectivity index (χ2v) is 4.42. The first-order valence-electron chi connectivity index (χ1n) is 5.45. The number of likely N-dealkylation sites (tertiary alicyclic amines) is 1. The van der Waals surface area contributed by atoms with Crippen LogP contribution in [-0.4, -0.2) is 48.9 Å². The van der Waals surface area contributed by atoms with E-state index in [4.69, 9.17) is 0 Å². The fourth-order valence-corrected chi connectivity index (χ4v) is 2.10. The van der Waals surface area contributed by atoms with Gasteiger partial charge in [0, 0.05) is 19.6 Å². The van der Waals surface area contributed by atoms with Gasteiger partial charge in [-0.3, -0.25) is 14.9 Å². The first-order chi connectivity index (χ1) is 7.16. The molecule has 15 heavy (non-hydrogen) atoms. The zero-order valence-electron chi connectivity index (χ0n) is 8.95. The molecule has 0 aliphatic carbocycles. The number of nitrogens with one attached hydrogen (secondary N) is 2. The lowest BCUT2D eigenvalue weighted by Gasteiger charge is -2.27. The number of hydrogen-bond donors (Lipinski definition) is 2. The Balaban J connectivity index is 1.88. The minimum absolute atomic E-state index is 0.0335. The Labute approximate surface area is 89.2 Å². The van der Waals surface area contributed by atoms with Gasteiger partial charge in [0.05, 0.1) is 6.54 Å². The summed E-state index contributed by atoms with van der Waals surface area (Å²) >= 11 is 0. The summed E-state index contributed by atoms with van der Waals surface area (Å²) in [5, 5.41) is 5.66. The van der Waals surface area contributed by atoms with Crippen LogP contribution in [0.2, 0.25) is 0 Å². The highest BCUT2D eigenvalue weighted by atomic mass is 16.2. The third kappa shape index (κ3) is 2.28. The summed E-state index contributed by atoms with van der Waals surface area (Å²) in [5.41, 5.74) is 0. The van der Waals surface area contributed by atoms with Crippen LogP contribution in [0.3, 0.4) is 0 Å². The van der Waals surface area contributed by atoms with Crippen molar-refractivity contribution in [2.75, 3.05) is 26.2 Å². The van der Waals surface area contributed by atoms with Crippen LogP contribution in [0.15, 0.2) is 0 Å². The van der Waals surface area contributed by atoms with Crippen LogP contribution in [-0.2, 0) is 9.59 Å². The molecule has 0 aromatic carbocycles. The lowest BCUT2D eigenvalue weighted by molar-refractivity contribution is -0.134. The summed E-state index contributed by atoms with van der Waals surface area (Å²) < 4.78 is 0. The van der Waals surface area contributed by atoms with Crippen molar-refractivity contribution in [3.05, 3.63) is 0 Å². The van der Waals surface area contributed by atoms with E-state index in [1.165, 1.54) is 0 Å². The Kier molecular flexibility index (Phi) is 2.90. The SMILES string of the molecule is CC1CCN(C(=O)C2CNC(=O)CN2)C1. The Bertz CT molecular complexity index is 270. The molecule has 2 aliphatic heterocycles. The second-order valence-electron chi connectivity index (χ2n) is 4.42. The van der Waals surface area contributed by atoms with Crippen molar-refractivity contribution < 1.29 is 9.59 Å². The zero-order chi connectivity index (χ0) is 10.8. The van der Waals surface area contributed by atoms with E-state index < -0.39 is 0 Å². The first kappa shape index (κ1) is 10.4. The molecule has 0 saturated carbocycles. The zero-order valence-corrected chi connectivity index (χ0v) is 8.95. The summed E-state index contributed by atoms with van der Waals surface area (Å²) in [4.78, 5) is 24.8. The third-order valence-electron chi connectivity index (χ3n) is 3.05. The fraction of sp³-hybridized carbons (Fsp3) is 0.800. The molecule has 2 rings (SSSR count). The van der Waals surface area contributed by atoms with Gasteiger partial charge in [0.15, 0.2) is 0 Å². The molecular formula is C10H17N3O2. The molecule has 2 heterocycles. The Morgan fingerprint density at radius 2 is 2.33 bits per heavy atom. The van der Waals surface area contributed by atoms with Crippen LogP contribution in [0.4, 0.5) is 0 Å². The van der Waals surface area contributed by atoms with Crippen molar-refractivity contribution >= 4 is 11.8 Å². The minimum atomic E-state index is -0.229. The van der Waals surface area contributed by atoms with Crippen LogP contribution in [0.1, 0.15) is 13.3 Å². The van der Waals surface area contributed by atoms with Gasteiger partial charge in [0.1, 0.15) is 6.04 Å². The molecule has 0 spiro atoms. The van der Waals surface area contributed by atoms with E-state index in [2.05, 4.69) is 17.6 Å². The first-order valence-corrected chi connectivity index (χ1v) is 5.45. The normalized spacial score (nSPS) is 31.5. The number of carbonyl (C=O) groups is 2. The van der Waals surface area contributed by atoms with E-state index in [1.807, 2.05) is 4.90 Å². The van der Waals surface area contributed by atoms with Gasteiger partial charge in [-0.1, -0.05) is 6.92 Å². The van der Waals surface area contributed by atoms with Crippen molar-refractivity contribution in [1.29, 1.82) is 0 Å². The van der Waals surface area contributed by atoms with Gasteiger partial charge < -0.3 is 10.2 Å². The predicted octanol–water partition coefficient (Wildman–Crippen LogP) is -1.06. The van der Waals surface area contributed by atoms with E-state index in [0.29, 0.717) is 12.5 Å². The maximum Gasteiger partial charge on any atom is 0.241 e. The van der Waals surface area contributed by atoms with Crippen LogP contribution in [0.25, 0.3) is 0 Å². The van der Waals surface area contributed by atoms with Crippen LogP contribution in [0, 0.1) is 5.92 Å². The van der Waals surface area contributed by atoms with Crippen molar-refractivity contribution in [3.63, 3.8) is 0 Å². The molecule has 5 heteroatoms. The number of nitrogens with zero attached hydrogens (tertiary/aromatic N) is 1. The standard InChI is InChI=1S/C10H17N3O2/c1-7-2-3-13(6-7)10(15)8-4-12-9(14)5-11-8/h7-8,11H,2-6H2,1H3,(H,12,14). The van der Waals surface area contributed by atoms with Gasteiger partial charge in [-0.2, -0.15) is 0 Å². The fourth-order valence-electron chi connectivity index (χ4n) is 2.10. The number of rotatable bonds is 1. The summed E-state index contributed by atoms with van der Waals surface area (Å²) in [6.45, 7) is 4.53. The van der Waals surface area contributed by atoms with Gasteiger partial charge in [0.25, 0.3) is 0 Å². The topological polar surface area (TPSA) is 61.4 Å². The molecule has 5 nitrogen and oxygen atoms in total. The van der Waals surface area contributed by atoms with Gasteiger partial charge in [0.2, 0.25) is 11.8 Å². The van der Waals surface area contributed by atoms with Gasteiger partial charge in [-0.05, 0) is 12.3 Å². The summed E-state index contributed by atoms with van der Waals surface area (Å²) in [7, 11) is 0. The molecule has 2 saturated heterocycles. The number of carbonyl (C=O) groups excluding carboxylic acids is 2. The second kappa shape index (κ2) is 4.18. The van der Waals surface area contributed by atoms with Gasteiger partial charge >= 0.3 is 0 Å². The highest BCUT2D eigenvalue weighted by Crippen LogP contribution is 2.15. The molecule has 0 radical (unpaired) electrons. The third-order valence-corrected chi connectivity index (χ3v) is 3.05. The van der Waals surface area contributed by atoms with E-state index in [1.54, 1.807) is 0 Å². The van der Waals surface area contributed by atoms with Crippen LogP contribution >= 0.6 is 0 Å². The summed E-state index contributed by atoms with van der Waals surface area (Å²) in [6, 6.07) is -0.229. The van der Waals surface area contributed by atoms with E-state index >= 15 is 0 Å². The maximum atomic E-state index is 12.0. The number of hydrogen-bond acceptors (Lipinski definition) is 3. The average Bonchev–Trinajstić information content (AvgIpc) is 2.65. The van der Waals surface area contributed by atoms with E-state index in [-0.39, 0.29) is 24.4 Å². The summed E-state index contributed by atoms with van der Waals surface area (Å²) in [5.74, 6) is 0.695. The smallest absolute Gasteiger partial charge is 0.241 e. The predicted molar refractivity (Wildman–Crippen MR) is 55.2 cm³/mol. The monoisotopic (exact) mass is 211 g/mol. The van der Waals surface area contributed by atoms with Crippen molar-refractivity contribution in [1.82, 2.24) is 15.5 Å². The molecule has 0 bridgehead atoms. The molecule has 0 aromatic heterocycles. The molecule has 2 unspecified atom stereocenters. The highest BCUT2D eigenvalue weighted by Gasteiger charge is 2.31. The Morgan fingerprint density at radius 3 is 2.87 bits per heavy atom. The molecule has 84 valence electrons. The Hall–Kier alpha value is -1.10. The van der Waals surface area contributed by atoms with Crippen molar-refractivity contribution in [3.8, 4) is 0 Å². The maximum absolute atomic E-state index is 12.0. The van der Waals surface area contributed by atoms with Gasteiger partial charge in [-0.25, -0.2) is 0 Å². The molecule has 2 atom stereocenters. The van der Waals surface area contributed by atoms with E-state index in [9.17, 15) is 9.59 Å². The molecule has 0 aromatic rings. The van der Waals surface area contributed by atoms with Crippen molar-refractivity contribution in [2.45, 2.75) is 19.4 Å². The molecule has 2 amide bonds. The Morgan fingerprint density at radius 1 is 1.53 bits per heavy atom.